The molecule has 0 unspecified atom stereocenters. The summed E-state index contributed by atoms with van der Waals surface area (Å²) in [5, 5.41) is 12.0. The number of rotatable bonds is 4. The lowest BCUT2D eigenvalue weighted by Crippen LogP contribution is -2.54. The number of nitrogens with one attached hydrogen (secondary N) is 2. The minimum atomic E-state index is -0.485. The van der Waals surface area contributed by atoms with E-state index in [0.717, 1.165) is 30.6 Å². The maximum absolute atomic E-state index is 14.6. The maximum Gasteiger partial charge on any atom is 0.257 e. The average molecular weight is 504 g/mol. The molecule has 37 heavy (non-hydrogen) atoms. The van der Waals surface area contributed by atoms with Gasteiger partial charge in [-0.15, -0.1) is 0 Å². The van der Waals surface area contributed by atoms with E-state index in [2.05, 4.69) is 34.5 Å². The van der Waals surface area contributed by atoms with E-state index in [9.17, 15) is 9.18 Å². The first-order valence-electron chi connectivity index (χ1n) is 12.7. The SMILES string of the molecule is C[C@@H]1CN(c2ccc(C(=O)Nc3cc(F)c4nn(C)cc4c3)c3nc([C@@H]4CCOC4)ncc23)C[C@H](C)N1. The highest BCUT2D eigenvalue weighted by Gasteiger charge is 2.26. The molecule has 192 valence electrons. The van der Waals surface area contributed by atoms with E-state index in [1.165, 1.54) is 6.07 Å². The normalized spacial score (nSPS) is 22.2. The highest BCUT2D eigenvalue weighted by atomic mass is 19.1. The molecule has 9 nitrogen and oxygen atoms in total. The third-order valence-electron chi connectivity index (χ3n) is 7.12. The van der Waals surface area contributed by atoms with Gasteiger partial charge < -0.3 is 20.3 Å². The number of aryl methyl sites for hydroxylation is 1. The van der Waals surface area contributed by atoms with Crippen molar-refractivity contribution in [3.8, 4) is 0 Å². The van der Waals surface area contributed by atoms with E-state index < -0.39 is 5.82 Å². The Labute approximate surface area is 214 Å². The molecule has 10 heteroatoms. The lowest BCUT2D eigenvalue weighted by Gasteiger charge is -2.38. The molecular formula is C27H30FN7O2. The van der Waals surface area contributed by atoms with Crippen molar-refractivity contribution in [2.75, 3.05) is 36.5 Å². The minimum Gasteiger partial charge on any atom is -0.381 e. The molecule has 4 heterocycles. The van der Waals surface area contributed by atoms with Gasteiger partial charge in [-0.05, 0) is 44.5 Å². The van der Waals surface area contributed by atoms with Gasteiger partial charge in [0.2, 0.25) is 0 Å². The van der Waals surface area contributed by atoms with Crippen LogP contribution in [0.25, 0.3) is 21.8 Å². The summed E-state index contributed by atoms with van der Waals surface area (Å²) in [5.74, 6) is -0.0543. The number of piperazine rings is 1. The second-order valence-corrected chi connectivity index (χ2v) is 10.2. The molecule has 2 fully saturated rings. The fraction of sp³-hybridized carbons (Fsp3) is 0.407. The smallest absolute Gasteiger partial charge is 0.257 e. The van der Waals surface area contributed by atoms with Crippen LogP contribution in [0, 0.1) is 5.82 Å². The number of hydrogen-bond acceptors (Lipinski definition) is 7. The van der Waals surface area contributed by atoms with Crippen LogP contribution in [-0.4, -0.2) is 64.0 Å². The highest BCUT2D eigenvalue weighted by Crippen LogP contribution is 2.32. The number of amides is 1. The standard InChI is InChI=1S/C27H30FN7O2/c1-15-11-35(12-16(2)30-15)23-5-4-20(25-21(23)10-29-26(32-25)17-6-7-37-14-17)27(36)31-19-8-18-13-34(3)33-24(18)22(28)9-19/h4-5,8-10,13,15-17,30H,6-7,11-12,14H2,1-3H3,(H,31,36)/t15-,16+,17-/m1/s1. The summed E-state index contributed by atoms with van der Waals surface area (Å²) in [5.41, 5.74) is 2.65. The van der Waals surface area contributed by atoms with E-state index in [1.807, 2.05) is 18.3 Å². The average Bonchev–Trinajstić information content (AvgIpc) is 3.52. The number of anilines is 2. The van der Waals surface area contributed by atoms with Crippen molar-refractivity contribution in [2.24, 2.45) is 7.05 Å². The molecule has 0 bridgehead atoms. The number of fused-ring (bicyclic) bond motifs is 2. The summed E-state index contributed by atoms with van der Waals surface area (Å²) in [7, 11) is 1.73. The van der Waals surface area contributed by atoms with E-state index in [0.29, 0.717) is 53.3 Å². The van der Waals surface area contributed by atoms with Gasteiger partial charge in [0.05, 0.1) is 17.7 Å². The molecule has 1 amide bonds. The Kier molecular flexibility index (Phi) is 6.00. The van der Waals surface area contributed by atoms with Crippen LogP contribution in [0.4, 0.5) is 15.8 Å². The quantitative estimate of drug-likeness (QED) is 0.439. The summed E-state index contributed by atoms with van der Waals surface area (Å²) in [6.45, 7) is 7.27. The molecular weight excluding hydrogens is 473 g/mol. The number of benzene rings is 2. The summed E-state index contributed by atoms with van der Waals surface area (Å²) in [6, 6.07) is 7.45. The molecule has 0 spiro atoms. The van der Waals surface area contributed by atoms with Gasteiger partial charge in [-0.2, -0.15) is 5.10 Å². The first-order valence-corrected chi connectivity index (χ1v) is 12.7. The van der Waals surface area contributed by atoms with Crippen LogP contribution in [0.3, 0.4) is 0 Å². The zero-order chi connectivity index (χ0) is 25.7. The van der Waals surface area contributed by atoms with Crippen LogP contribution >= 0.6 is 0 Å². The van der Waals surface area contributed by atoms with Crippen molar-refractivity contribution >= 4 is 39.1 Å². The van der Waals surface area contributed by atoms with Crippen LogP contribution in [0.2, 0.25) is 0 Å². The Morgan fingerprint density at radius 2 is 2.00 bits per heavy atom. The topological polar surface area (TPSA) is 97.2 Å². The Morgan fingerprint density at radius 3 is 2.76 bits per heavy atom. The molecule has 0 radical (unpaired) electrons. The predicted octanol–water partition coefficient (Wildman–Crippen LogP) is 3.60. The van der Waals surface area contributed by atoms with Crippen molar-refractivity contribution < 1.29 is 13.9 Å². The van der Waals surface area contributed by atoms with Gasteiger partial charge in [-0.3, -0.25) is 9.48 Å². The second kappa shape index (κ2) is 9.35. The summed E-state index contributed by atoms with van der Waals surface area (Å²) in [6.07, 6.45) is 4.40. The van der Waals surface area contributed by atoms with Crippen LogP contribution in [0.15, 0.2) is 36.7 Å². The van der Waals surface area contributed by atoms with Gasteiger partial charge in [0, 0.05) is 79.3 Å². The van der Waals surface area contributed by atoms with Gasteiger partial charge >= 0.3 is 0 Å². The summed E-state index contributed by atoms with van der Waals surface area (Å²) >= 11 is 0. The number of nitrogens with zero attached hydrogens (tertiary/aromatic N) is 5. The first-order chi connectivity index (χ1) is 17.9. The van der Waals surface area contributed by atoms with Crippen LogP contribution in [-0.2, 0) is 11.8 Å². The molecule has 2 aromatic carbocycles. The van der Waals surface area contributed by atoms with Crippen molar-refractivity contribution in [2.45, 2.75) is 38.3 Å². The lowest BCUT2D eigenvalue weighted by atomic mass is 10.0. The fourth-order valence-corrected chi connectivity index (χ4v) is 5.52. The number of aromatic nitrogens is 4. The summed E-state index contributed by atoms with van der Waals surface area (Å²) < 4.78 is 21.7. The van der Waals surface area contributed by atoms with Crippen molar-refractivity contribution in [1.29, 1.82) is 0 Å². The monoisotopic (exact) mass is 503 g/mol. The molecule has 2 aromatic heterocycles. The second-order valence-electron chi connectivity index (χ2n) is 10.2. The summed E-state index contributed by atoms with van der Waals surface area (Å²) in [4.78, 5) is 25.5. The molecule has 2 saturated heterocycles. The predicted molar refractivity (Wildman–Crippen MR) is 141 cm³/mol. The number of carbonyl (C=O) groups excluding carboxylic acids is 1. The van der Waals surface area contributed by atoms with Crippen LogP contribution in [0.5, 0.6) is 0 Å². The molecule has 6 rings (SSSR count). The van der Waals surface area contributed by atoms with Gasteiger partial charge in [0.1, 0.15) is 11.3 Å². The Morgan fingerprint density at radius 1 is 1.19 bits per heavy atom. The van der Waals surface area contributed by atoms with E-state index >= 15 is 0 Å². The number of ether oxygens (including phenoxy) is 1. The third kappa shape index (κ3) is 4.51. The molecule has 2 N–H and O–H groups in total. The van der Waals surface area contributed by atoms with Crippen LogP contribution in [0.1, 0.15) is 42.4 Å². The maximum atomic E-state index is 14.6. The van der Waals surface area contributed by atoms with E-state index in [4.69, 9.17) is 14.7 Å². The van der Waals surface area contributed by atoms with Gasteiger partial charge in [-0.1, -0.05) is 0 Å². The van der Waals surface area contributed by atoms with Crippen LogP contribution < -0.4 is 15.5 Å². The highest BCUT2D eigenvalue weighted by molar-refractivity contribution is 6.14. The number of halogens is 1. The lowest BCUT2D eigenvalue weighted by molar-refractivity contribution is 0.102. The molecule has 2 aliphatic rings. The first kappa shape index (κ1) is 23.7. The van der Waals surface area contributed by atoms with Crippen molar-refractivity contribution in [3.05, 3.63) is 53.9 Å². The van der Waals surface area contributed by atoms with Gasteiger partial charge in [0.15, 0.2) is 5.82 Å². The largest absolute Gasteiger partial charge is 0.381 e. The molecule has 0 aliphatic carbocycles. The Bertz CT molecular complexity index is 1490. The molecule has 4 aromatic rings. The molecule has 3 atom stereocenters. The Hall–Kier alpha value is -3.63. The van der Waals surface area contributed by atoms with Gasteiger partial charge in [0.25, 0.3) is 5.91 Å². The number of carbonyl (C=O) groups is 1. The minimum absolute atomic E-state index is 0.102. The van der Waals surface area contributed by atoms with Gasteiger partial charge in [-0.25, -0.2) is 14.4 Å². The zero-order valence-electron chi connectivity index (χ0n) is 21.2. The zero-order valence-corrected chi connectivity index (χ0v) is 21.2. The molecule has 2 aliphatic heterocycles. The number of hydrogen-bond donors (Lipinski definition) is 2. The van der Waals surface area contributed by atoms with Crippen molar-refractivity contribution in [3.63, 3.8) is 0 Å². The molecule has 0 saturated carbocycles. The third-order valence-corrected chi connectivity index (χ3v) is 7.12. The fourth-order valence-electron chi connectivity index (χ4n) is 5.52. The Balaban J connectivity index is 1.41. The van der Waals surface area contributed by atoms with E-state index in [-0.39, 0.29) is 17.3 Å². The van der Waals surface area contributed by atoms with Crippen molar-refractivity contribution in [1.82, 2.24) is 25.1 Å². The van der Waals surface area contributed by atoms with E-state index in [1.54, 1.807) is 24.0 Å².